The molecule has 0 spiro atoms. The molecule has 0 aliphatic carbocycles. The number of hydrogen-bond donors (Lipinski definition) is 3. The molecule has 2 atom stereocenters. The van der Waals surface area contributed by atoms with Crippen molar-refractivity contribution >= 4 is 23.5 Å². The molecule has 1 aliphatic rings. The smallest absolute Gasteiger partial charge is 0.315 e. The number of halogens is 1. The van der Waals surface area contributed by atoms with Crippen LogP contribution in [0, 0.1) is 5.92 Å². The van der Waals surface area contributed by atoms with Gasteiger partial charge in [-0.3, -0.25) is 4.79 Å². The summed E-state index contributed by atoms with van der Waals surface area (Å²) in [6.07, 6.45) is 0.850. The van der Waals surface area contributed by atoms with Crippen LogP contribution in [0.3, 0.4) is 0 Å². The molecule has 1 aliphatic heterocycles. The van der Waals surface area contributed by atoms with Crippen LogP contribution >= 0.6 is 11.6 Å². The number of ether oxygens (including phenoxy) is 1. The summed E-state index contributed by atoms with van der Waals surface area (Å²) in [6.45, 7) is 5.30. The number of hydrogen-bond acceptors (Lipinski definition) is 3. The molecule has 3 amide bonds. The van der Waals surface area contributed by atoms with Gasteiger partial charge in [-0.25, -0.2) is 4.79 Å². The Morgan fingerprint density at radius 3 is 2.96 bits per heavy atom. The zero-order valence-electron chi connectivity index (χ0n) is 13.3. The highest BCUT2D eigenvalue weighted by atomic mass is 35.5. The van der Waals surface area contributed by atoms with Gasteiger partial charge in [-0.05, 0) is 31.4 Å². The van der Waals surface area contributed by atoms with Gasteiger partial charge < -0.3 is 20.7 Å². The largest absolute Gasteiger partial charge is 0.493 e. The van der Waals surface area contributed by atoms with Gasteiger partial charge in [0.05, 0.1) is 6.61 Å². The lowest BCUT2D eigenvalue weighted by atomic mass is 9.94. The van der Waals surface area contributed by atoms with E-state index in [1.807, 2.05) is 19.9 Å². The molecule has 0 bridgehead atoms. The Balaban J connectivity index is 1.92. The van der Waals surface area contributed by atoms with Crippen LogP contribution in [0.2, 0.25) is 5.02 Å². The van der Waals surface area contributed by atoms with Gasteiger partial charge in [0.15, 0.2) is 0 Å². The minimum atomic E-state index is -0.500. The summed E-state index contributed by atoms with van der Waals surface area (Å²) in [5.74, 6) is 0.619. The highest BCUT2D eigenvalue weighted by molar-refractivity contribution is 6.30. The van der Waals surface area contributed by atoms with Crippen LogP contribution < -0.4 is 20.7 Å². The van der Waals surface area contributed by atoms with Crippen molar-refractivity contribution in [1.29, 1.82) is 0 Å². The molecule has 1 fully saturated rings. The Bertz CT molecular complexity index is 580. The first-order chi connectivity index (χ1) is 11.0. The maximum Gasteiger partial charge on any atom is 0.315 e. The van der Waals surface area contributed by atoms with Crippen molar-refractivity contribution in [3.05, 3.63) is 28.8 Å². The molecule has 6 nitrogen and oxygen atoms in total. The molecule has 0 radical (unpaired) electrons. The number of amides is 3. The average molecular weight is 340 g/mol. The van der Waals surface area contributed by atoms with Crippen LogP contribution in [0.5, 0.6) is 5.75 Å². The number of rotatable bonds is 5. The fourth-order valence-electron chi connectivity index (χ4n) is 2.50. The maximum absolute atomic E-state index is 12.0. The zero-order valence-corrected chi connectivity index (χ0v) is 14.1. The molecule has 3 N–H and O–H groups in total. The summed E-state index contributed by atoms with van der Waals surface area (Å²) in [5.41, 5.74) is 0.826. The van der Waals surface area contributed by atoms with E-state index in [0.717, 1.165) is 12.0 Å². The van der Waals surface area contributed by atoms with E-state index in [4.69, 9.17) is 16.3 Å². The number of carbonyl (C=O) groups excluding carboxylic acids is 2. The Labute approximate surface area is 140 Å². The fraction of sp³-hybridized carbons (Fsp3) is 0.500. The SMILES string of the molecule is CCOc1cc(Cl)ccc1CNC(=O)N[C@H]1C(=O)NCC[C@@H]1C. The van der Waals surface area contributed by atoms with Gasteiger partial charge in [0.25, 0.3) is 0 Å². The third kappa shape index (κ3) is 4.76. The summed E-state index contributed by atoms with van der Waals surface area (Å²) in [5, 5.41) is 8.81. The molecule has 7 heteroatoms. The van der Waals surface area contributed by atoms with Crippen molar-refractivity contribution in [2.24, 2.45) is 5.92 Å². The molecule has 0 aromatic heterocycles. The van der Waals surface area contributed by atoms with E-state index in [0.29, 0.717) is 30.5 Å². The second kappa shape index (κ2) is 8.06. The first-order valence-corrected chi connectivity index (χ1v) is 8.12. The molecule has 126 valence electrons. The first-order valence-electron chi connectivity index (χ1n) is 7.74. The Morgan fingerprint density at radius 1 is 1.48 bits per heavy atom. The highest BCUT2D eigenvalue weighted by Gasteiger charge is 2.29. The zero-order chi connectivity index (χ0) is 16.8. The van der Waals surface area contributed by atoms with Gasteiger partial charge in [0, 0.05) is 23.7 Å². The van der Waals surface area contributed by atoms with Gasteiger partial charge in [-0.2, -0.15) is 0 Å². The van der Waals surface area contributed by atoms with E-state index in [1.165, 1.54) is 0 Å². The van der Waals surface area contributed by atoms with E-state index in [2.05, 4.69) is 16.0 Å². The average Bonchev–Trinajstić information content (AvgIpc) is 2.51. The topological polar surface area (TPSA) is 79.5 Å². The molecule has 0 saturated carbocycles. The number of nitrogens with one attached hydrogen (secondary N) is 3. The van der Waals surface area contributed by atoms with E-state index in [1.54, 1.807) is 12.1 Å². The molecule has 1 aromatic carbocycles. The van der Waals surface area contributed by atoms with Gasteiger partial charge in [0.1, 0.15) is 11.8 Å². The lowest BCUT2D eigenvalue weighted by Crippen LogP contribution is -2.56. The van der Waals surface area contributed by atoms with Crippen LogP contribution in [0.15, 0.2) is 18.2 Å². The Kier molecular flexibility index (Phi) is 6.10. The summed E-state index contributed by atoms with van der Waals surface area (Å²) in [4.78, 5) is 23.8. The first kappa shape index (κ1) is 17.4. The number of carbonyl (C=O) groups is 2. The standard InChI is InChI=1S/C16H22ClN3O3/c1-3-23-13-8-12(17)5-4-11(13)9-19-16(22)20-14-10(2)6-7-18-15(14)21/h4-5,8,10,14H,3,6-7,9H2,1-2H3,(H,18,21)(H2,19,20,22)/t10-,14+/m0/s1. The van der Waals surface area contributed by atoms with Crippen molar-refractivity contribution in [1.82, 2.24) is 16.0 Å². The van der Waals surface area contributed by atoms with Crippen LogP contribution in [0.1, 0.15) is 25.8 Å². The van der Waals surface area contributed by atoms with Crippen LogP contribution in [0.4, 0.5) is 4.79 Å². The minimum Gasteiger partial charge on any atom is -0.493 e. The summed E-state index contributed by atoms with van der Waals surface area (Å²) in [7, 11) is 0. The number of urea groups is 1. The summed E-state index contributed by atoms with van der Waals surface area (Å²) >= 11 is 5.95. The third-order valence-electron chi connectivity index (χ3n) is 3.81. The van der Waals surface area contributed by atoms with E-state index in [9.17, 15) is 9.59 Å². The molecular weight excluding hydrogens is 318 g/mol. The van der Waals surface area contributed by atoms with Crippen molar-refractivity contribution < 1.29 is 14.3 Å². The molecule has 1 saturated heterocycles. The van der Waals surface area contributed by atoms with Crippen molar-refractivity contribution in [3.8, 4) is 5.75 Å². The lowest BCUT2D eigenvalue weighted by Gasteiger charge is -2.29. The minimum absolute atomic E-state index is 0.115. The predicted molar refractivity (Wildman–Crippen MR) is 88.6 cm³/mol. The third-order valence-corrected chi connectivity index (χ3v) is 4.04. The summed E-state index contributed by atoms with van der Waals surface area (Å²) in [6, 6.07) is 4.40. The predicted octanol–water partition coefficient (Wildman–Crippen LogP) is 2.06. The highest BCUT2D eigenvalue weighted by Crippen LogP contribution is 2.23. The lowest BCUT2D eigenvalue weighted by molar-refractivity contribution is -0.125. The Hall–Kier alpha value is -1.95. The number of benzene rings is 1. The molecule has 0 unspecified atom stereocenters. The van der Waals surface area contributed by atoms with Gasteiger partial charge in [-0.1, -0.05) is 24.6 Å². The molecule has 23 heavy (non-hydrogen) atoms. The van der Waals surface area contributed by atoms with Crippen LogP contribution in [-0.2, 0) is 11.3 Å². The molecular formula is C16H22ClN3O3. The fourth-order valence-corrected chi connectivity index (χ4v) is 2.66. The Morgan fingerprint density at radius 2 is 2.26 bits per heavy atom. The number of piperidine rings is 1. The van der Waals surface area contributed by atoms with Gasteiger partial charge in [0.2, 0.25) is 5.91 Å². The monoisotopic (exact) mass is 339 g/mol. The second-order valence-electron chi connectivity index (χ2n) is 5.55. The van der Waals surface area contributed by atoms with Crippen molar-refractivity contribution in [2.45, 2.75) is 32.9 Å². The van der Waals surface area contributed by atoms with Gasteiger partial charge >= 0.3 is 6.03 Å². The molecule has 1 aromatic rings. The molecule has 1 heterocycles. The van der Waals surface area contributed by atoms with Crippen LogP contribution in [-0.4, -0.2) is 31.1 Å². The van der Waals surface area contributed by atoms with Crippen molar-refractivity contribution in [2.75, 3.05) is 13.2 Å². The molecule has 2 rings (SSSR count). The maximum atomic E-state index is 12.0. The van der Waals surface area contributed by atoms with Crippen molar-refractivity contribution in [3.63, 3.8) is 0 Å². The van der Waals surface area contributed by atoms with E-state index >= 15 is 0 Å². The second-order valence-corrected chi connectivity index (χ2v) is 5.98. The quantitative estimate of drug-likeness (QED) is 0.768. The normalized spacial score (nSPS) is 20.6. The summed E-state index contributed by atoms with van der Waals surface area (Å²) < 4.78 is 5.51. The van der Waals surface area contributed by atoms with Gasteiger partial charge in [-0.15, -0.1) is 0 Å². The van der Waals surface area contributed by atoms with E-state index < -0.39 is 6.04 Å². The van der Waals surface area contributed by atoms with E-state index in [-0.39, 0.29) is 17.9 Å². The van der Waals surface area contributed by atoms with Crippen LogP contribution in [0.25, 0.3) is 0 Å².